The predicted octanol–water partition coefficient (Wildman–Crippen LogP) is 3.18. The molecule has 1 aromatic carbocycles. The first-order valence-corrected chi connectivity index (χ1v) is 8.89. The lowest BCUT2D eigenvalue weighted by molar-refractivity contribution is -0.385. The maximum absolute atomic E-state index is 12.2. The van der Waals surface area contributed by atoms with Crippen molar-refractivity contribution in [3.05, 3.63) is 38.9 Å². The minimum absolute atomic E-state index is 0.0932. The zero-order chi connectivity index (χ0) is 18.6. The lowest BCUT2D eigenvalue weighted by atomic mass is 9.78. The summed E-state index contributed by atoms with van der Waals surface area (Å²) in [5.41, 5.74) is 4.54. The standard InChI is InChI=1S/C16H21ClN4O3S/c1-9-4-3-5-13(10(9)2)18-16(25)20-19-15(22)12-7-6-11(17)8-14(12)21(23)24/h6-10,13H,3-5H2,1-2H3,(H,19,22)(H2,18,20,25)/t9-,10+,13-/m0/s1. The van der Waals surface area contributed by atoms with Crippen molar-refractivity contribution in [3.8, 4) is 0 Å². The van der Waals surface area contributed by atoms with Gasteiger partial charge in [-0.05, 0) is 42.6 Å². The summed E-state index contributed by atoms with van der Waals surface area (Å²) in [7, 11) is 0. The molecule has 25 heavy (non-hydrogen) atoms. The molecule has 3 atom stereocenters. The Kier molecular flexibility index (Phi) is 6.55. The second-order valence-corrected chi connectivity index (χ2v) is 7.19. The van der Waals surface area contributed by atoms with Crippen LogP contribution in [0.1, 0.15) is 43.5 Å². The Labute approximate surface area is 156 Å². The number of carbonyl (C=O) groups is 1. The zero-order valence-corrected chi connectivity index (χ0v) is 15.6. The maximum atomic E-state index is 12.2. The van der Waals surface area contributed by atoms with Crippen LogP contribution in [0.2, 0.25) is 5.02 Å². The first-order chi connectivity index (χ1) is 11.8. The van der Waals surface area contributed by atoms with E-state index in [9.17, 15) is 14.9 Å². The number of benzene rings is 1. The van der Waals surface area contributed by atoms with Crippen molar-refractivity contribution >= 4 is 40.5 Å². The van der Waals surface area contributed by atoms with E-state index in [1.54, 1.807) is 0 Å². The second-order valence-electron chi connectivity index (χ2n) is 6.34. The van der Waals surface area contributed by atoms with Crippen molar-refractivity contribution in [1.82, 2.24) is 16.2 Å². The van der Waals surface area contributed by atoms with Crippen molar-refractivity contribution in [2.45, 2.75) is 39.2 Å². The molecule has 1 saturated carbocycles. The molecule has 7 nitrogen and oxygen atoms in total. The van der Waals surface area contributed by atoms with E-state index in [1.165, 1.54) is 18.6 Å². The molecule has 0 radical (unpaired) electrons. The Morgan fingerprint density at radius 2 is 2.04 bits per heavy atom. The van der Waals surface area contributed by atoms with Gasteiger partial charge in [-0.15, -0.1) is 0 Å². The molecule has 1 aliphatic carbocycles. The van der Waals surface area contributed by atoms with Crippen molar-refractivity contribution in [2.75, 3.05) is 0 Å². The van der Waals surface area contributed by atoms with E-state index in [-0.39, 0.29) is 27.4 Å². The molecule has 0 aliphatic heterocycles. The molecule has 0 aromatic heterocycles. The van der Waals surface area contributed by atoms with Crippen LogP contribution in [0.25, 0.3) is 0 Å². The number of hydrazine groups is 1. The number of hydrogen-bond donors (Lipinski definition) is 3. The van der Waals surface area contributed by atoms with E-state index in [4.69, 9.17) is 23.8 Å². The molecule has 136 valence electrons. The molecular weight excluding hydrogens is 364 g/mol. The topological polar surface area (TPSA) is 96.3 Å². The Bertz CT molecular complexity index is 685. The van der Waals surface area contributed by atoms with Crippen LogP contribution in [-0.2, 0) is 0 Å². The van der Waals surface area contributed by atoms with Crippen LogP contribution in [0, 0.1) is 22.0 Å². The third-order valence-electron chi connectivity index (χ3n) is 4.71. The van der Waals surface area contributed by atoms with Gasteiger partial charge in [-0.3, -0.25) is 25.8 Å². The van der Waals surface area contributed by atoms with Gasteiger partial charge < -0.3 is 5.32 Å². The maximum Gasteiger partial charge on any atom is 0.283 e. The molecule has 2 rings (SSSR count). The fraction of sp³-hybridized carbons (Fsp3) is 0.500. The number of rotatable bonds is 3. The summed E-state index contributed by atoms with van der Waals surface area (Å²) < 4.78 is 0. The number of hydrogen-bond acceptors (Lipinski definition) is 4. The highest BCUT2D eigenvalue weighted by Gasteiger charge is 2.27. The van der Waals surface area contributed by atoms with Crippen molar-refractivity contribution in [1.29, 1.82) is 0 Å². The molecule has 0 heterocycles. The van der Waals surface area contributed by atoms with E-state index < -0.39 is 10.8 Å². The van der Waals surface area contributed by atoms with Gasteiger partial charge in [-0.25, -0.2) is 0 Å². The number of carbonyl (C=O) groups excluding carboxylic acids is 1. The molecule has 0 bridgehead atoms. The Balaban J connectivity index is 1.94. The number of nitro benzene ring substituents is 1. The van der Waals surface area contributed by atoms with Gasteiger partial charge in [0.2, 0.25) is 0 Å². The molecule has 1 amide bonds. The van der Waals surface area contributed by atoms with Gasteiger partial charge >= 0.3 is 0 Å². The fourth-order valence-corrected chi connectivity index (χ4v) is 3.39. The van der Waals surface area contributed by atoms with Gasteiger partial charge in [-0.1, -0.05) is 38.3 Å². The Hall–Kier alpha value is -1.93. The van der Waals surface area contributed by atoms with Crippen molar-refractivity contribution in [3.63, 3.8) is 0 Å². The predicted molar refractivity (Wildman–Crippen MR) is 100 cm³/mol. The second kappa shape index (κ2) is 8.44. The smallest absolute Gasteiger partial charge is 0.283 e. The lowest BCUT2D eigenvalue weighted by Gasteiger charge is -2.35. The van der Waals surface area contributed by atoms with Crippen molar-refractivity contribution in [2.24, 2.45) is 11.8 Å². The number of nitrogens with zero attached hydrogens (tertiary/aromatic N) is 1. The summed E-state index contributed by atoms with van der Waals surface area (Å²) in [5, 5.41) is 14.7. The molecular formula is C16H21ClN4O3S. The summed E-state index contributed by atoms with van der Waals surface area (Å²) in [4.78, 5) is 22.6. The molecule has 9 heteroatoms. The average molecular weight is 385 g/mol. The number of thiocarbonyl (C=S) groups is 1. The van der Waals surface area contributed by atoms with Crippen LogP contribution in [0.4, 0.5) is 5.69 Å². The third-order valence-corrected chi connectivity index (χ3v) is 5.17. The quantitative estimate of drug-likeness (QED) is 0.420. The summed E-state index contributed by atoms with van der Waals surface area (Å²) in [6.07, 6.45) is 3.36. The highest BCUT2D eigenvalue weighted by Crippen LogP contribution is 2.29. The van der Waals surface area contributed by atoms with Crippen LogP contribution in [0.3, 0.4) is 0 Å². The fourth-order valence-electron chi connectivity index (χ4n) is 3.02. The number of nitro groups is 1. The first-order valence-electron chi connectivity index (χ1n) is 8.10. The van der Waals surface area contributed by atoms with E-state index in [1.807, 2.05) is 0 Å². The van der Waals surface area contributed by atoms with E-state index >= 15 is 0 Å². The number of nitrogens with one attached hydrogen (secondary N) is 3. The van der Waals surface area contributed by atoms with Crippen LogP contribution in [0.15, 0.2) is 18.2 Å². The van der Waals surface area contributed by atoms with E-state index in [0.29, 0.717) is 11.8 Å². The minimum atomic E-state index is -0.655. The molecule has 0 saturated heterocycles. The lowest BCUT2D eigenvalue weighted by Crippen LogP contribution is -2.52. The van der Waals surface area contributed by atoms with Crippen LogP contribution >= 0.6 is 23.8 Å². The highest BCUT2D eigenvalue weighted by atomic mass is 35.5. The number of amides is 1. The summed E-state index contributed by atoms with van der Waals surface area (Å²) >= 11 is 11.0. The van der Waals surface area contributed by atoms with Gasteiger partial charge in [0.1, 0.15) is 5.56 Å². The van der Waals surface area contributed by atoms with Gasteiger partial charge in [0.25, 0.3) is 11.6 Å². The SMILES string of the molecule is C[C@H]1[C@@H](NC(=S)NNC(=O)c2ccc(Cl)cc2[N+](=O)[O-])CCC[C@@H]1C. The average Bonchev–Trinajstić information content (AvgIpc) is 2.56. The van der Waals surface area contributed by atoms with Crippen LogP contribution < -0.4 is 16.2 Å². The largest absolute Gasteiger partial charge is 0.358 e. The Morgan fingerprint density at radius 3 is 2.72 bits per heavy atom. The molecule has 1 aliphatic rings. The van der Waals surface area contributed by atoms with Crippen LogP contribution in [-0.4, -0.2) is 22.0 Å². The van der Waals surface area contributed by atoms with Gasteiger partial charge in [-0.2, -0.15) is 0 Å². The number of halogens is 1. The van der Waals surface area contributed by atoms with Crippen LogP contribution in [0.5, 0.6) is 0 Å². The van der Waals surface area contributed by atoms with Crippen molar-refractivity contribution < 1.29 is 9.72 Å². The normalized spacial score (nSPS) is 22.8. The Morgan fingerprint density at radius 1 is 1.32 bits per heavy atom. The monoisotopic (exact) mass is 384 g/mol. The summed E-state index contributed by atoms with van der Waals surface area (Å²) in [6.45, 7) is 4.40. The van der Waals surface area contributed by atoms with Gasteiger partial charge in [0.15, 0.2) is 5.11 Å². The molecule has 1 fully saturated rings. The zero-order valence-electron chi connectivity index (χ0n) is 14.0. The van der Waals surface area contributed by atoms with Gasteiger partial charge in [0, 0.05) is 17.1 Å². The minimum Gasteiger partial charge on any atom is -0.358 e. The summed E-state index contributed by atoms with van der Waals surface area (Å²) in [6, 6.07) is 4.10. The molecule has 0 spiro atoms. The molecule has 3 N–H and O–H groups in total. The van der Waals surface area contributed by atoms with E-state index in [2.05, 4.69) is 30.0 Å². The summed E-state index contributed by atoms with van der Waals surface area (Å²) in [5.74, 6) is 0.430. The van der Waals surface area contributed by atoms with E-state index in [0.717, 1.165) is 18.9 Å². The third kappa shape index (κ3) is 5.02. The molecule has 0 unspecified atom stereocenters. The van der Waals surface area contributed by atoms with Gasteiger partial charge in [0.05, 0.1) is 4.92 Å². The molecule has 1 aromatic rings. The highest BCUT2D eigenvalue weighted by molar-refractivity contribution is 7.80. The first kappa shape index (κ1) is 19.4.